The highest BCUT2D eigenvalue weighted by atomic mass is 127. The van der Waals surface area contributed by atoms with E-state index in [-0.39, 0.29) is 12.5 Å². The highest BCUT2D eigenvalue weighted by Crippen LogP contribution is 2.37. The molecule has 1 amide bonds. The van der Waals surface area contributed by atoms with Crippen LogP contribution < -0.4 is 19.5 Å². The highest BCUT2D eigenvalue weighted by molar-refractivity contribution is 14.1. The summed E-state index contributed by atoms with van der Waals surface area (Å²) in [6.45, 7) is 0.256. The Morgan fingerprint density at radius 3 is 2.51 bits per heavy atom. The number of nitrogens with one attached hydrogen (secondary N) is 1. The Morgan fingerprint density at radius 1 is 1.06 bits per heavy atom. The van der Waals surface area contributed by atoms with Crippen LogP contribution in [0.1, 0.15) is 11.1 Å². The molecule has 0 aliphatic carbocycles. The van der Waals surface area contributed by atoms with E-state index in [4.69, 9.17) is 37.4 Å². The van der Waals surface area contributed by atoms with Crippen LogP contribution in [-0.4, -0.2) is 25.3 Å². The van der Waals surface area contributed by atoms with Crippen molar-refractivity contribution in [2.75, 3.05) is 14.2 Å². The molecule has 35 heavy (non-hydrogen) atoms. The van der Waals surface area contributed by atoms with Crippen molar-refractivity contribution in [2.45, 2.75) is 6.61 Å². The summed E-state index contributed by atoms with van der Waals surface area (Å²) in [7, 11) is 3.18. The molecule has 1 aliphatic rings. The van der Waals surface area contributed by atoms with Crippen molar-refractivity contribution in [2.24, 2.45) is 4.99 Å². The molecule has 0 radical (unpaired) electrons. The number of hydrogen-bond acceptors (Lipinski definition) is 6. The second-order valence-corrected chi connectivity index (χ2v) is 10.3. The second-order valence-electron chi connectivity index (χ2n) is 7.24. The van der Waals surface area contributed by atoms with Gasteiger partial charge in [-0.3, -0.25) is 4.79 Å². The first kappa shape index (κ1) is 25.7. The SMILES string of the molecule is COc1ccc(N=C2NC(=O)/C(=C\c3cc(I)c(OCc4ccc(Cl)cc4Cl)c(OC)c3)S2)cc1. The average molecular weight is 641 g/mol. The third kappa shape index (κ3) is 6.43. The first-order chi connectivity index (χ1) is 16.9. The van der Waals surface area contributed by atoms with Crippen LogP contribution in [0.4, 0.5) is 5.69 Å². The van der Waals surface area contributed by atoms with Gasteiger partial charge in [-0.2, -0.15) is 0 Å². The lowest BCUT2D eigenvalue weighted by Gasteiger charge is -2.14. The van der Waals surface area contributed by atoms with Crippen LogP contribution in [0.3, 0.4) is 0 Å². The first-order valence-corrected chi connectivity index (χ1v) is 12.9. The fourth-order valence-corrected chi connectivity index (χ4v) is 5.24. The summed E-state index contributed by atoms with van der Waals surface area (Å²) in [6, 6.07) is 16.3. The maximum Gasteiger partial charge on any atom is 0.264 e. The van der Waals surface area contributed by atoms with Crippen LogP contribution >= 0.6 is 57.6 Å². The number of amidine groups is 1. The molecule has 1 N–H and O–H groups in total. The molecule has 6 nitrogen and oxygen atoms in total. The van der Waals surface area contributed by atoms with Gasteiger partial charge in [0, 0.05) is 15.6 Å². The van der Waals surface area contributed by atoms with Gasteiger partial charge in [0.1, 0.15) is 12.4 Å². The van der Waals surface area contributed by atoms with E-state index in [1.807, 2.05) is 42.5 Å². The first-order valence-electron chi connectivity index (χ1n) is 10.2. The maximum atomic E-state index is 12.5. The lowest BCUT2D eigenvalue weighted by atomic mass is 10.2. The Morgan fingerprint density at radius 2 is 1.83 bits per heavy atom. The Hall–Kier alpha value is -2.40. The summed E-state index contributed by atoms with van der Waals surface area (Å²) in [5.41, 5.74) is 2.32. The third-order valence-electron chi connectivity index (χ3n) is 4.89. The molecule has 0 saturated carbocycles. The number of carbonyl (C=O) groups excluding carboxylic acids is 1. The van der Waals surface area contributed by atoms with Crippen molar-refractivity contribution in [3.63, 3.8) is 0 Å². The Bertz CT molecular complexity index is 1330. The monoisotopic (exact) mass is 640 g/mol. The molecule has 3 aromatic carbocycles. The largest absolute Gasteiger partial charge is 0.497 e. The molecule has 1 saturated heterocycles. The van der Waals surface area contributed by atoms with Crippen molar-refractivity contribution in [1.82, 2.24) is 5.32 Å². The normalized spacial score (nSPS) is 15.4. The van der Waals surface area contributed by atoms with Gasteiger partial charge >= 0.3 is 0 Å². The van der Waals surface area contributed by atoms with Crippen LogP contribution in [-0.2, 0) is 11.4 Å². The summed E-state index contributed by atoms with van der Waals surface area (Å²) < 4.78 is 17.6. The molecular weight excluding hydrogens is 622 g/mol. The zero-order valence-corrected chi connectivity index (χ0v) is 23.1. The molecule has 0 atom stereocenters. The second kappa shape index (κ2) is 11.6. The average Bonchev–Trinajstić information content (AvgIpc) is 3.17. The van der Waals surface area contributed by atoms with Gasteiger partial charge in [-0.1, -0.05) is 29.3 Å². The number of methoxy groups -OCH3 is 2. The number of amides is 1. The number of rotatable bonds is 7. The summed E-state index contributed by atoms with van der Waals surface area (Å²) >= 11 is 15.7. The molecule has 1 heterocycles. The van der Waals surface area contributed by atoms with E-state index in [2.05, 4.69) is 32.9 Å². The number of nitrogens with zero attached hydrogens (tertiary/aromatic N) is 1. The van der Waals surface area contributed by atoms with Crippen molar-refractivity contribution < 1.29 is 19.0 Å². The van der Waals surface area contributed by atoms with Gasteiger partial charge in [0.2, 0.25) is 0 Å². The zero-order chi connectivity index (χ0) is 24.9. The Labute approximate surface area is 230 Å². The molecule has 10 heteroatoms. The molecule has 0 bridgehead atoms. The molecular formula is C25H19Cl2IN2O4S. The molecule has 0 aromatic heterocycles. The lowest BCUT2D eigenvalue weighted by Crippen LogP contribution is -2.19. The minimum Gasteiger partial charge on any atom is -0.497 e. The Kier molecular flexibility index (Phi) is 8.48. The van der Waals surface area contributed by atoms with E-state index in [0.29, 0.717) is 37.3 Å². The fraction of sp³-hybridized carbons (Fsp3) is 0.120. The van der Waals surface area contributed by atoms with Crippen LogP contribution in [0.15, 0.2) is 64.5 Å². The Balaban J connectivity index is 1.52. The molecule has 0 spiro atoms. The zero-order valence-electron chi connectivity index (χ0n) is 18.6. The number of benzene rings is 3. The standard InChI is InChI=1S/C25H19Cl2IN2O4S/c1-32-18-7-5-17(6-8-18)29-25-30-24(31)22(35-25)11-14-9-20(28)23(21(10-14)33-2)34-13-15-3-4-16(26)12-19(15)27/h3-12H,13H2,1-2H3,(H,29,30,31)/b22-11+. The quantitative estimate of drug-likeness (QED) is 0.221. The van der Waals surface area contributed by atoms with Gasteiger partial charge in [-0.15, -0.1) is 0 Å². The lowest BCUT2D eigenvalue weighted by molar-refractivity contribution is -0.115. The van der Waals surface area contributed by atoms with E-state index in [0.717, 1.165) is 20.4 Å². The number of aliphatic imine (C=N–C) groups is 1. The minimum atomic E-state index is -0.214. The summed E-state index contributed by atoms with van der Waals surface area (Å²) in [5, 5.41) is 4.40. The number of ether oxygens (including phenoxy) is 3. The number of halogens is 3. The number of carbonyl (C=O) groups is 1. The van der Waals surface area contributed by atoms with Crippen molar-refractivity contribution in [1.29, 1.82) is 0 Å². The van der Waals surface area contributed by atoms with Gasteiger partial charge in [-0.05, 0) is 94.5 Å². The van der Waals surface area contributed by atoms with Gasteiger partial charge in [-0.25, -0.2) is 4.99 Å². The molecule has 0 unspecified atom stereocenters. The molecule has 180 valence electrons. The van der Waals surface area contributed by atoms with E-state index in [1.54, 1.807) is 32.4 Å². The van der Waals surface area contributed by atoms with Crippen molar-refractivity contribution in [3.05, 3.63) is 84.2 Å². The molecule has 3 aromatic rings. The summed E-state index contributed by atoms with van der Waals surface area (Å²) in [5.74, 6) is 1.66. The predicted molar refractivity (Wildman–Crippen MR) is 150 cm³/mol. The minimum absolute atomic E-state index is 0.214. The summed E-state index contributed by atoms with van der Waals surface area (Å²) in [6.07, 6.45) is 1.79. The van der Waals surface area contributed by atoms with Gasteiger partial charge in [0.25, 0.3) is 5.91 Å². The van der Waals surface area contributed by atoms with Crippen LogP contribution in [0.25, 0.3) is 6.08 Å². The highest BCUT2D eigenvalue weighted by Gasteiger charge is 2.24. The third-order valence-corrected chi connectivity index (χ3v) is 7.19. The van der Waals surface area contributed by atoms with Gasteiger partial charge in [0.15, 0.2) is 16.7 Å². The van der Waals surface area contributed by atoms with E-state index < -0.39 is 0 Å². The number of thioether (sulfide) groups is 1. The van der Waals surface area contributed by atoms with E-state index in [1.165, 1.54) is 11.8 Å². The van der Waals surface area contributed by atoms with Crippen LogP contribution in [0, 0.1) is 3.57 Å². The van der Waals surface area contributed by atoms with Gasteiger partial charge < -0.3 is 19.5 Å². The smallest absolute Gasteiger partial charge is 0.264 e. The van der Waals surface area contributed by atoms with E-state index in [9.17, 15) is 4.79 Å². The maximum absolute atomic E-state index is 12.5. The topological polar surface area (TPSA) is 69.2 Å². The van der Waals surface area contributed by atoms with Crippen molar-refractivity contribution >= 4 is 80.4 Å². The van der Waals surface area contributed by atoms with Crippen molar-refractivity contribution in [3.8, 4) is 17.2 Å². The number of hydrogen-bond donors (Lipinski definition) is 1. The fourth-order valence-electron chi connectivity index (χ4n) is 3.16. The predicted octanol–water partition coefficient (Wildman–Crippen LogP) is 7.09. The molecule has 1 aliphatic heterocycles. The van der Waals surface area contributed by atoms with Crippen LogP contribution in [0.5, 0.6) is 17.2 Å². The molecule has 1 fully saturated rings. The molecule has 4 rings (SSSR count). The van der Waals surface area contributed by atoms with Crippen LogP contribution in [0.2, 0.25) is 10.0 Å². The van der Waals surface area contributed by atoms with E-state index >= 15 is 0 Å². The summed E-state index contributed by atoms with van der Waals surface area (Å²) in [4.78, 5) is 17.5. The van der Waals surface area contributed by atoms with Gasteiger partial charge in [0.05, 0.1) is 28.4 Å².